The molecule has 0 heterocycles. The molecule has 0 aliphatic heterocycles. The third-order valence-electron chi connectivity index (χ3n) is 4.34. The molecule has 0 saturated heterocycles. The van der Waals surface area contributed by atoms with Gasteiger partial charge in [0.1, 0.15) is 17.5 Å². The highest BCUT2D eigenvalue weighted by molar-refractivity contribution is 9.10. The molecule has 0 aliphatic carbocycles. The fraction of sp³-hybridized carbons (Fsp3) is 0.261. The third-order valence-corrected chi connectivity index (χ3v) is 4.86. The van der Waals surface area contributed by atoms with Gasteiger partial charge in [-0.25, -0.2) is 4.79 Å². The number of halogens is 1. The molecule has 2 aromatic carbocycles. The smallest absolute Gasteiger partial charge is 0.326 e. The first-order valence-electron chi connectivity index (χ1n) is 9.66. The Morgan fingerprint density at radius 1 is 1.10 bits per heavy atom. The topological polar surface area (TPSA) is 105 Å². The molecule has 0 spiro atoms. The molecule has 0 aliphatic rings. The summed E-state index contributed by atoms with van der Waals surface area (Å²) in [4.78, 5) is 37.4. The van der Waals surface area contributed by atoms with Gasteiger partial charge in [0.25, 0.3) is 11.8 Å². The molecule has 7 nitrogen and oxygen atoms in total. The van der Waals surface area contributed by atoms with E-state index in [0.29, 0.717) is 11.3 Å². The second-order valence-corrected chi connectivity index (χ2v) is 8.17. The van der Waals surface area contributed by atoms with Crippen LogP contribution < -0.4 is 15.4 Å². The number of rotatable bonds is 9. The number of carboxylic acid groups (broad SMARTS) is 1. The molecule has 0 fully saturated rings. The van der Waals surface area contributed by atoms with Crippen LogP contribution in [0.15, 0.2) is 58.7 Å². The van der Waals surface area contributed by atoms with Crippen LogP contribution in [0.5, 0.6) is 5.75 Å². The van der Waals surface area contributed by atoms with Gasteiger partial charge in [-0.1, -0.05) is 54.0 Å². The van der Waals surface area contributed by atoms with Crippen LogP contribution in [0.25, 0.3) is 6.08 Å². The van der Waals surface area contributed by atoms with Crippen molar-refractivity contribution < 1.29 is 24.2 Å². The zero-order chi connectivity index (χ0) is 23.0. The first-order valence-corrected chi connectivity index (χ1v) is 10.5. The van der Waals surface area contributed by atoms with E-state index < -0.39 is 23.8 Å². The molecule has 31 heavy (non-hydrogen) atoms. The molecule has 2 rings (SSSR count). The number of carboxylic acids is 1. The average Bonchev–Trinajstić information content (AvgIpc) is 2.73. The summed E-state index contributed by atoms with van der Waals surface area (Å²) in [6.07, 6.45) is 1.75. The summed E-state index contributed by atoms with van der Waals surface area (Å²) in [7, 11) is 1.45. The molecule has 0 bridgehead atoms. The summed E-state index contributed by atoms with van der Waals surface area (Å²) in [5.41, 5.74) is 0.828. The third kappa shape index (κ3) is 7.25. The van der Waals surface area contributed by atoms with Crippen molar-refractivity contribution in [3.05, 3.63) is 69.8 Å². The Balaban J connectivity index is 2.36. The number of methoxy groups -OCH3 is 1. The van der Waals surface area contributed by atoms with Crippen molar-refractivity contribution in [2.45, 2.75) is 26.3 Å². The van der Waals surface area contributed by atoms with E-state index in [9.17, 15) is 19.5 Å². The molecule has 2 aromatic rings. The van der Waals surface area contributed by atoms with Crippen LogP contribution >= 0.6 is 15.9 Å². The van der Waals surface area contributed by atoms with Gasteiger partial charge in [0.15, 0.2) is 0 Å². The molecule has 164 valence electrons. The number of carbonyl (C=O) groups excluding carboxylic acids is 2. The number of amides is 2. The van der Waals surface area contributed by atoms with Gasteiger partial charge in [-0.05, 0) is 48.2 Å². The van der Waals surface area contributed by atoms with Gasteiger partial charge in [0.05, 0.1) is 12.7 Å². The highest BCUT2D eigenvalue weighted by atomic mass is 79.9. The molecule has 1 atom stereocenters. The Bertz CT molecular complexity index is 970. The monoisotopic (exact) mass is 488 g/mol. The van der Waals surface area contributed by atoms with Crippen LogP contribution in [0, 0.1) is 5.92 Å². The first kappa shape index (κ1) is 24.1. The molecule has 0 aromatic heterocycles. The second kappa shape index (κ2) is 11.3. The average molecular weight is 489 g/mol. The lowest BCUT2D eigenvalue weighted by Crippen LogP contribution is -2.45. The summed E-state index contributed by atoms with van der Waals surface area (Å²) >= 11 is 3.35. The van der Waals surface area contributed by atoms with Gasteiger partial charge in [-0.15, -0.1) is 0 Å². The number of hydrogen-bond donors (Lipinski definition) is 3. The van der Waals surface area contributed by atoms with E-state index in [-0.39, 0.29) is 23.6 Å². The largest absolute Gasteiger partial charge is 0.496 e. The van der Waals surface area contributed by atoms with Crippen LogP contribution in [-0.4, -0.2) is 36.0 Å². The number of ether oxygens (including phenoxy) is 1. The molecule has 0 saturated carbocycles. The summed E-state index contributed by atoms with van der Waals surface area (Å²) in [6, 6.07) is 12.6. The SMILES string of the molecule is COc1ccccc1C(=O)N/C(=C/c1ccc(Br)cc1)C(=O)N[C@@H](CC(C)C)C(=O)O. The molecular formula is C23H25BrN2O5. The number of nitrogens with one attached hydrogen (secondary N) is 2. The maximum atomic E-state index is 12.9. The molecule has 0 unspecified atom stereocenters. The number of hydrogen-bond acceptors (Lipinski definition) is 4. The standard InChI is InChI=1S/C23H25BrN2O5/c1-14(2)12-19(23(29)30)26-22(28)18(13-15-8-10-16(24)11-9-15)25-21(27)17-6-4-5-7-20(17)31-3/h4-11,13-14,19H,12H2,1-3H3,(H,25,27)(H,26,28)(H,29,30)/b18-13+/t19-/m0/s1. The Morgan fingerprint density at radius 3 is 2.32 bits per heavy atom. The van der Waals surface area contributed by atoms with Crippen LogP contribution in [0.4, 0.5) is 0 Å². The van der Waals surface area contributed by atoms with Crippen molar-refractivity contribution in [1.29, 1.82) is 0 Å². The summed E-state index contributed by atoms with van der Waals surface area (Å²) < 4.78 is 6.07. The maximum absolute atomic E-state index is 12.9. The predicted molar refractivity (Wildman–Crippen MR) is 122 cm³/mol. The zero-order valence-corrected chi connectivity index (χ0v) is 19.1. The highest BCUT2D eigenvalue weighted by Crippen LogP contribution is 2.18. The lowest BCUT2D eigenvalue weighted by Gasteiger charge is -2.18. The van der Waals surface area contributed by atoms with Crippen LogP contribution in [0.3, 0.4) is 0 Å². The van der Waals surface area contributed by atoms with Crippen LogP contribution in [-0.2, 0) is 9.59 Å². The van der Waals surface area contributed by atoms with Crippen LogP contribution in [0.2, 0.25) is 0 Å². The minimum Gasteiger partial charge on any atom is -0.496 e. The van der Waals surface area contributed by atoms with Gasteiger partial charge >= 0.3 is 5.97 Å². The molecule has 8 heteroatoms. The quantitative estimate of drug-likeness (QED) is 0.465. The molecule has 2 amide bonds. The lowest BCUT2D eigenvalue weighted by atomic mass is 10.0. The van der Waals surface area contributed by atoms with Gasteiger partial charge in [0, 0.05) is 4.47 Å². The van der Waals surface area contributed by atoms with E-state index in [0.717, 1.165) is 4.47 Å². The summed E-state index contributed by atoms with van der Waals surface area (Å²) in [5.74, 6) is -1.97. The normalized spacial score (nSPS) is 12.2. The van der Waals surface area contributed by atoms with E-state index in [1.54, 1.807) is 48.5 Å². The molecule has 3 N–H and O–H groups in total. The minimum atomic E-state index is -1.14. The van der Waals surface area contributed by atoms with E-state index in [2.05, 4.69) is 26.6 Å². The number of carbonyl (C=O) groups is 3. The molecular weight excluding hydrogens is 464 g/mol. The van der Waals surface area contributed by atoms with E-state index in [1.165, 1.54) is 13.2 Å². The molecule has 0 radical (unpaired) electrons. The van der Waals surface area contributed by atoms with Crippen molar-refractivity contribution in [3.8, 4) is 5.75 Å². The first-order chi connectivity index (χ1) is 14.7. The zero-order valence-electron chi connectivity index (χ0n) is 17.5. The van der Waals surface area contributed by atoms with Crippen LogP contribution in [0.1, 0.15) is 36.2 Å². The van der Waals surface area contributed by atoms with E-state index >= 15 is 0 Å². The maximum Gasteiger partial charge on any atom is 0.326 e. The second-order valence-electron chi connectivity index (χ2n) is 7.26. The van der Waals surface area contributed by atoms with Gasteiger partial charge in [0.2, 0.25) is 0 Å². The van der Waals surface area contributed by atoms with Gasteiger partial charge in [-0.3, -0.25) is 9.59 Å². The van der Waals surface area contributed by atoms with Crippen molar-refractivity contribution in [1.82, 2.24) is 10.6 Å². The van der Waals surface area contributed by atoms with E-state index in [1.807, 2.05) is 13.8 Å². The van der Waals surface area contributed by atoms with E-state index in [4.69, 9.17) is 4.74 Å². The number of aliphatic carboxylic acids is 1. The summed E-state index contributed by atoms with van der Waals surface area (Å²) in [5, 5.41) is 14.6. The van der Waals surface area contributed by atoms with Crippen molar-refractivity contribution >= 4 is 39.8 Å². The minimum absolute atomic E-state index is 0.0588. The fourth-order valence-electron chi connectivity index (χ4n) is 2.83. The Labute approximate surface area is 189 Å². The predicted octanol–water partition coefficient (Wildman–Crippen LogP) is 3.84. The fourth-order valence-corrected chi connectivity index (χ4v) is 3.10. The van der Waals surface area contributed by atoms with Gasteiger partial charge < -0.3 is 20.5 Å². The van der Waals surface area contributed by atoms with Crippen molar-refractivity contribution in [3.63, 3.8) is 0 Å². The Morgan fingerprint density at radius 2 is 1.74 bits per heavy atom. The highest BCUT2D eigenvalue weighted by Gasteiger charge is 2.24. The lowest BCUT2D eigenvalue weighted by molar-refractivity contribution is -0.141. The Hall–Kier alpha value is -3.13. The van der Waals surface area contributed by atoms with Crippen molar-refractivity contribution in [2.75, 3.05) is 7.11 Å². The van der Waals surface area contributed by atoms with Gasteiger partial charge in [-0.2, -0.15) is 0 Å². The Kier molecular flexibility index (Phi) is 8.81. The number of para-hydroxylation sites is 1. The number of benzene rings is 2. The van der Waals surface area contributed by atoms with Crippen molar-refractivity contribution in [2.24, 2.45) is 5.92 Å². The summed E-state index contributed by atoms with van der Waals surface area (Å²) in [6.45, 7) is 3.73.